The van der Waals surface area contributed by atoms with Gasteiger partial charge in [0.1, 0.15) is 0 Å². The quantitative estimate of drug-likeness (QED) is 0.728. The third-order valence-electron chi connectivity index (χ3n) is 3.94. The van der Waals surface area contributed by atoms with Crippen LogP contribution in [0.25, 0.3) is 0 Å². The van der Waals surface area contributed by atoms with Gasteiger partial charge in [0, 0.05) is 12.0 Å². The summed E-state index contributed by atoms with van der Waals surface area (Å²) in [5.74, 6) is 1.54. The smallest absolute Gasteiger partial charge is 0.0493 e. The number of aliphatic hydroxyl groups is 1. The van der Waals surface area contributed by atoms with Gasteiger partial charge in [-0.25, -0.2) is 0 Å². The molecular formula is C12H14O. The first-order valence-corrected chi connectivity index (χ1v) is 5.01. The van der Waals surface area contributed by atoms with E-state index < -0.39 is 0 Å². The van der Waals surface area contributed by atoms with E-state index in [1.807, 2.05) is 0 Å². The number of benzene rings is 1. The van der Waals surface area contributed by atoms with E-state index in [0.717, 1.165) is 5.92 Å². The van der Waals surface area contributed by atoms with Crippen LogP contribution in [-0.2, 0) is 0 Å². The minimum absolute atomic E-state index is 0.284. The standard InChI is InChI=1S/C12H14O/c13-8-12-6-10(7-12)11(12)9-4-2-1-3-5-9/h1-5,10-11,13H,6-8H2. The van der Waals surface area contributed by atoms with Crippen molar-refractivity contribution in [3.63, 3.8) is 0 Å². The summed E-state index contributed by atoms with van der Waals surface area (Å²) < 4.78 is 0. The van der Waals surface area contributed by atoms with Gasteiger partial charge in [-0.05, 0) is 30.2 Å². The predicted molar refractivity (Wildman–Crippen MR) is 51.4 cm³/mol. The number of hydrogen-bond donors (Lipinski definition) is 1. The molecule has 0 radical (unpaired) electrons. The van der Waals surface area contributed by atoms with E-state index in [1.165, 1.54) is 18.4 Å². The van der Waals surface area contributed by atoms with Crippen LogP contribution in [0.1, 0.15) is 24.3 Å². The van der Waals surface area contributed by atoms with Gasteiger partial charge in [-0.2, -0.15) is 0 Å². The summed E-state index contributed by atoms with van der Waals surface area (Å²) in [6.45, 7) is 0.378. The van der Waals surface area contributed by atoms with Gasteiger partial charge in [-0.1, -0.05) is 30.3 Å². The molecule has 0 aliphatic heterocycles. The summed E-state index contributed by atoms with van der Waals surface area (Å²) in [6.07, 6.45) is 2.51. The molecule has 3 aliphatic rings. The highest BCUT2D eigenvalue weighted by Gasteiger charge is 2.64. The van der Waals surface area contributed by atoms with Crippen LogP contribution in [-0.4, -0.2) is 11.7 Å². The molecule has 1 aromatic rings. The van der Waals surface area contributed by atoms with Gasteiger partial charge in [0.25, 0.3) is 0 Å². The van der Waals surface area contributed by atoms with Gasteiger partial charge in [-0.15, -0.1) is 0 Å². The van der Waals surface area contributed by atoms with Crippen molar-refractivity contribution < 1.29 is 5.11 Å². The van der Waals surface area contributed by atoms with Crippen molar-refractivity contribution in [1.82, 2.24) is 0 Å². The van der Waals surface area contributed by atoms with E-state index in [1.54, 1.807) is 0 Å². The lowest BCUT2D eigenvalue weighted by molar-refractivity contribution is -0.169. The Labute approximate surface area is 78.4 Å². The minimum Gasteiger partial charge on any atom is -0.396 e. The summed E-state index contributed by atoms with van der Waals surface area (Å²) in [5, 5.41) is 9.31. The first-order chi connectivity index (χ1) is 6.36. The molecule has 1 atom stereocenters. The molecule has 13 heavy (non-hydrogen) atoms. The fraction of sp³-hybridized carbons (Fsp3) is 0.500. The zero-order chi connectivity index (χ0) is 8.89. The predicted octanol–water partition coefficient (Wildman–Crippen LogP) is 2.17. The fourth-order valence-corrected chi connectivity index (χ4v) is 3.17. The third-order valence-corrected chi connectivity index (χ3v) is 3.94. The average Bonchev–Trinajstić information content (AvgIpc) is 2.03. The van der Waals surface area contributed by atoms with Crippen LogP contribution < -0.4 is 0 Å². The summed E-state index contributed by atoms with van der Waals surface area (Å²) in [7, 11) is 0. The molecule has 0 heterocycles. The van der Waals surface area contributed by atoms with E-state index in [2.05, 4.69) is 30.3 Å². The highest BCUT2D eigenvalue weighted by molar-refractivity contribution is 5.33. The van der Waals surface area contributed by atoms with Crippen molar-refractivity contribution in [1.29, 1.82) is 0 Å². The summed E-state index contributed by atoms with van der Waals surface area (Å²) in [6, 6.07) is 10.6. The Bertz CT molecular complexity index is 306. The molecule has 0 spiro atoms. The molecule has 1 aromatic carbocycles. The Morgan fingerprint density at radius 2 is 1.92 bits per heavy atom. The number of aliphatic hydroxyl groups excluding tert-OH is 1. The third kappa shape index (κ3) is 0.806. The van der Waals surface area contributed by atoms with Gasteiger partial charge in [-0.3, -0.25) is 0 Å². The largest absolute Gasteiger partial charge is 0.396 e. The lowest BCUT2D eigenvalue weighted by atomic mass is 9.36. The van der Waals surface area contributed by atoms with Crippen molar-refractivity contribution in [3.05, 3.63) is 35.9 Å². The number of hydrogen-bond acceptors (Lipinski definition) is 1. The zero-order valence-electron chi connectivity index (χ0n) is 7.61. The molecule has 1 unspecified atom stereocenters. The fourth-order valence-electron chi connectivity index (χ4n) is 3.17. The van der Waals surface area contributed by atoms with Crippen LogP contribution >= 0.6 is 0 Å². The molecule has 3 fully saturated rings. The lowest BCUT2D eigenvalue weighted by Gasteiger charge is -2.68. The van der Waals surface area contributed by atoms with E-state index in [0.29, 0.717) is 12.5 Å². The van der Waals surface area contributed by atoms with Gasteiger partial charge in [0.05, 0.1) is 0 Å². The highest BCUT2D eigenvalue weighted by atomic mass is 16.3. The Morgan fingerprint density at radius 3 is 2.38 bits per heavy atom. The van der Waals surface area contributed by atoms with E-state index in [9.17, 15) is 5.11 Å². The van der Waals surface area contributed by atoms with Gasteiger partial charge >= 0.3 is 0 Å². The first kappa shape index (κ1) is 7.57. The average molecular weight is 174 g/mol. The van der Waals surface area contributed by atoms with E-state index >= 15 is 0 Å². The Balaban J connectivity index is 1.89. The Morgan fingerprint density at radius 1 is 1.23 bits per heavy atom. The molecule has 4 rings (SSSR count). The number of rotatable bonds is 2. The summed E-state index contributed by atoms with van der Waals surface area (Å²) in [4.78, 5) is 0. The Kier molecular flexibility index (Phi) is 1.37. The second kappa shape index (κ2) is 2.36. The van der Waals surface area contributed by atoms with E-state index in [-0.39, 0.29) is 5.41 Å². The molecule has 0 amide bonds. The van der Waals surface area contributed by atoms with Gasteiger partial charge < -0.3 is 5.11 Å². The first-order valence-electron chi connectivity index (χ1n) is 5.01. The molecule has 3 saturated carbocycles. The van der Waals surface area contributed by atoms with Gasteiger partial charge in [0.15, 0.2) is 0 Å². The molecule has 1 nitrogen and oxygen atoms in total. The molecule has 3 aliphatic carbocycles. The monoisotopic (exact) mass is 174 g/mol. The molecule has 0 saturated heterocycles. The molecular weight excluding hydrogens is 160 g/mol. The van der Waals surface area contributed by atoms with Gasteiger partial charge in [0.2, 0.25) is 0 Å². The van der Waals surface area contributed by atoms with Crippen molar-refractivity contribution >= 4 is 0 Å². The molecule has 1 heteroatoms. The minimum atomic E-state index is 0.284. The molecule has 0 aromatic heterocycles. The maximum Gasteiger partial charge on any atom is 0.0493 e. The lowest BCUT2D eigenvalue weighted by Crippen LogP contribution is -2.61. The summed E-state index contributed by atoms with van der Waals surface area (Å²) in [5.41, 5.74) is 1.71. The SMILES string of the molecule is OCC12CC(C1)C2c1ccccc1. The topological polar surface area (TPSA) is 20.2 Å². The van der Waals surface area contributed by atoms with Crippen molar-refractivity contribution in [2.24, 2.45) is 11.3 Å². The van der Waals surface area contributed by atoms with Crippen molar-refractivity contribution in [2.75, 3.05) is 6.61 Å². The second-order valence-corrected chi connectivity index (χ2v) is 4.58. The van der Waals surface area contributed by atoms with Crippen LogP contribution in [0.15, 0.2) is 30.3 Å². The maximum absolute atomic E-state index is 9.31. The normalized spacial score (nSPS) is 40.7. The van der Waals surface area contributed by atoms with E-state index in [4.69, 9.17) is 0 Å². The molecule has 2 bridgehead atoms. The molecule has 1 N–H and O–H groups in total. The van der Waals surface area contributed by atoms with Crippen LogP contribution in [0.4, 0.5) is 0 Å². The Hall–Kier alpha value is -0.820. The van der Waals surface area contributed by atoms with Crippen LogP contribution in [0, 0.1) is 11.3 Å². The van der Waals surface area contributed by atoms with Crippen LogP contribution in [0.3, 0.4) is 0 Å². The van der Waals surface area contributed by atoms with Crippen LogP contribution in [0.2, 0.25) is 0 Å². The second-order valence-electron chi connectivity index (χ2n) is 4.58. The maximum atomic E-state index is 9.31. The van der Waals surface area contributed by atoms with Crippen molar-refractivity contribution in [2.45, 2.75) is 18.8 Å². The van der Waals surface area contributed by atoms with Crippen LogP contribution in [0.5, 0.6) is 0 Å². The molecule has 68 valence electrons. The van der Waals surface area contributed by atoms with Crippen molar-refractivity contribution in [3.8, 4) is 0 Å². The summed E-state index contributed by atoms with van der Waals surface area (Å²) >= 11 is 0. The zero-order valence-corrected chi connectivity index (χ0v) is 7.61. The highest BCUT2D eigenvalue weighted by Crippen LogP contribution is 2.72.